The number of amides is 1. The molecular formula is C41H50N8O10. The predicted molar refractivity (Wildman–Crippen MR) is 218 cm³/mol. The maximum atomic E-state index is 13.2. The van der Waals surface area contributed by atoms with Crippen molar-refractivity contribution in [3.05, 3.63) is 90.3 Å². The number of aromatic nitrogens is 4. The van der Waals surface area contributed by atoms with Gasteiger partial charge in [-0.15, -0.1) is 0 Å². The van der Waals surface area contributed by atoms with Crippen molar-refractivity contribution < 1.29 is 49.1 Å². The number of likely N-dealkylation sites (N-methyl/N-ethyl adjacent to an activating group) is 1. The fraction of sp³-hybridized carbons (Fsp3) is 0.366. The van der Waals surface area contributed by atoms with Gasteiger partial charge in [0.1, 0.15) is 23.6 Å². The monoisotopic (exact) mass is 814 g/mol. The van der Waals surface area contributed by atoms with Gasteiger partial charge in [-0.05, 0) is 56.3 Å². The van der Waals surface area contributed by atoms with E-state index in [1.54, 1.807) is 13.2 Å². The van der Waals surface area contributed by atoms with Crippen molar-refractivity contribution in [1.29, 1.82) is 0 Å². The van der Waals surface area contributed by atoms with Gasteiger partial charge in [-0.1, -0.05) is 43.3 Å². The Morgan fingerprint density at radius 1 is 0.831 bits per heavy atom. The number of carbonyl (C=O) groups excluding carboxylic acids is 1. The van der Waals surface area contributed by atoms with Crippen molar-refractivity contribution in [2.24, 2.45) is 0 Å². The van der Waals surface area contributed by atoms with Crippen LogP contribution in [-0.4, -0.2) is 133 Å². The molecule has 2 aromatic heterocycles. The topological polar surface area (TPSA) is 264 Å². The van der Waals surface area contributed by atoms with Crippen molar-refractivity contribution in [3.63, 3.8) is 0 Å². The molecule has 0 unspecified atom stereocenters. The number of fused-ring (bicyclic) bond motifs is 1. The number of hydrogen-bond acceptors (Lipinski definition) is 12. The first-order valence-electron chi connectivity index (χ1n) is 18.9. The van der Waals surface area contributed by atoms with Crippen LogP contribution in [0.15, 0.2) is 79.2 Å². The van der Waals surface area contributed by atoms with Crippen molar-refractivity contribution >= 4 is 46.6 Å². The second-order valence-electron chi connectivity index (χ2n) is 14.0. The smallest absolute Gasteiger partial charge is 0.328 e. The van der Waals surface area contributed by atoms with E-state index in [1.807, 2.05) is 30.3 Å². The molecule has 1 atom stereocenters. The molecule has 1 saturated carbocycles. The number of carboxylic acids is 4. The van der Waals surface area contributed by atoms with E-state index in [-0.39, 0.29) is 17.9 Å². The summed E-state index contributed by atoms with van der Waals surface area (Å²) in [6.45, 7) is 7.19. The van der Waals surface area contributed by atoms with Crippen LogP contribution in [0, 0.1) is 0 Å². The Labute approximate surface area is 340 Å². The first kappa shape index (κ1) is 45.0. The van der Waals surface area contributed by atoms with Gasteiger partial charge in [0.2, 0.25) is 0 Å². The maximum absolute atomic E-state index is 13.2. The number of ether oxygens (including phenoxy) is 1. The van der Waals surface area contributed by atoms with E-state index in [4.69, 9.17) is 36.0 Å². The predicted octanol–water partition coefficient (Wildman–Crippen LogP) is 3.77. The van der Waals surface area contributed by atoms with Crippen LogP contribution in [-0.2, 0) is 19.2 Å². The number of nitrogens with one attached hydrogen (secondary N) is 1. The summed E-state index contributed by atoms with van der Waals surface area (Å²) in [5.41, 5.74) is 10.3. The minimum atomic E-state index is -1.26. The summed E-state index contributed by atoms with van der Waals surface area (Å²) in [6.07, 6.45) is 8.12. The van der Waals surface area contributed by atoms with Gasteiger partial charge in [0.25, 0.3) is 5.91 Å². The lowest BCUT2D eigenvalue weighted by Crippen LogP contribution is -2.49. The van der Waals surface area contributed by atoms with E-state index in [0.717, 1.165) is 68.5 Å². The van der Waals surface area contributed by atoms with Gasteiger partial charge in [-0.3, -0.25) is 9.69 Å². The van der Waals surface area contributed by atoms with Crippen molar-refractivity contribution in [1.82, 2.24) is 34.9 Å². The summed E-state index contributed by atoms with van der Waals surface area (Å²) in [4.78, 5) is 65.4. The highest BCUT2D eigenvalue weighted by Crippen LogP contribution is 2.38. The number of aliphatic carboxylic acids is 4. The third kappa shape index (κ3) is 13.2. The van der Waals surface area contributed by atoms with Crippen LogP contribution in [0.2, 0.25) is 0 Å². The van der Waals surface area contributed by atoms with Crippen molar-refractivity contribution in [3.8, 4) is 17.0 Å². The molecule has 59 heavy (non-hydrogen) atoms. The lowest BCUT2D eigenvalue weighted by Gasteiger charge is -2.41. The zero-order valence-electron chi connectivity index (χ0n) is 33.1. The molecule has 2 aromatic carbocycles. The number of carbonyl (C=O) groups is 5. The fourth-order valence-electron chi connectivity index (χ4n) is 6.86. The normalized spacial score (nSPS) is 17.6. The molecule has 1 saturated heterocycles. The molecule has 18 heteroatoms. The quantitative estimate of drug-likeness (QED) is 0.111. The molecule has 0 spiro atoms. The van der Waals surface area contributed by atoms with Crippen molar-refractivity contribution in [2.75, 3.05) is 52.6 Å². The number of carboxylic acid groups (broad SMARTS) is 4. The summed E-state index contributed by atoms with van der Waals surface area (Å²) in [6, 6.07) is 16.6. The molecule has 18 nitrogen and oxygen atoms in total. The Morgan fingerprint density at radius 3 is 1.93 bits per heavy atom. The van der Waals surface area contributed by atoms with Crippen LogP contribution < -0.4 is 15.8 Å². The summed E-state index contributed by atoms with van der Waals surface area (Å²) in [5.74, 6) is -4.15. The average molecular weight is 815 g/mol. The SMILES string of the molecule is COc1cc(-c2nn(C3CCC(N4CCN(C)CC4)CC3)c3ncnc(N)c23)ccc1C(=O)NC[C@H](C)c1ccccc1.O=C(O)/C=C\C(=O)O.O=C(O)/C=C\C(=O)O. The Bertz CT molecular complexity index is 2070. The van der Waals surface area contributed by atoms with Gasteiger partial charge in [0.05, 0.1) is 24.1 Å². The molecule has 1 aliphatic carbocycles. The zero-order valence-corrected chi connectivity index (χ0v) is 33.1. The summed E-state index contributed by atoms with van der Waals surface area (Å²) < 4.78 is 7.75. The lowest BCUT2D eigenvalue weighted by molar-refractivity contribution is -0.134. The third-order valence-corrected chi connectivity index (χ3v) is 9.98. The van der Waals surface area contributed by atoms with Crippen LogP contribution in [0.5, 0.6) is 5.75 Å². The second-order valence-corrected chi connectivity index (χ2v) is 14.0. The minimum absolute atomic E-state index is 0.179. The molecule has 6 rings (SSSR count). The highest BCUT2D eigenvalue weighted by atomic mass is 16.5. The number of piperazine rings is 1. The van der Waals surface area contributed by atoms with E-state index in [9.17, 15) is 24.0 Å². The van der Waals surface area contributed by atoms with Gasteiger partial charge in [-0.25, -0.2) is 33.8 Å². The molecular weight excluding hydrogens is 764 g/mol. The molecule has 2 aliphatic rings. The zero-order chi connectivity index (χ0) is 43.1. The minimum Gasteiger partial charge on any atom is -0.496 e. The molecule has 4 aromatic rings. The van der Waals surface area contributed by atoms with Crippen LogP contribution in [0.25, 0.3) is 22.3 Å². The molecule has 1 amide bonds. The van der Waals surface area contributed by atoms with Crippen LogP contribution >= 0.6 is 0 Å². The first-order chi connectivity index (χ1) is 28.2. The Hall–Kier alpha value is -6.66. The standard InChI is InChI=1S/C33H42N8O2.2C4H4O4/c1-22(23-7-5-4-6-8-23)20-35-33(42)27-14-9-24(19-28(27)43-3)30-29-31(34)36-21-37-32(29)41(38-30)26-12-10-25(11-13-26)40-17-15-39(2)16-18-40;2*5-3(6)1-2-4(7)8/h4-9,14,19,21-22,25-26H,10-13,15-18,20H2,1-3H3,(H,35,42)(H2,34,36,37);2*1-2H,(H,5,6)(H,7,8)/b;2*2-1-/t22-,25?,26?;;/m0../s1. The molecule has 0 radical (unpaired) electrons. The molecule has 0 bridgehead atoms. The summed E-state index contributed by atoms with van der Waals surface area (Å²) in [5, 5.41) is 40.1. The number of hydrogen-bond donors (Lipinski definition) is 6. The van der Waals surface area contributed by atoms with Crippen LogP contribution in [0.4, 0.5) is 5.82 Å². The first-order valence-corrected chi connectivity index (χ1v) is 18.9. The van der Waals surface area contributed by atoms with E-state index in [1.165, 1.54) is 11.9 Å². The molecule has 314 valence electrons. The highest BCUT2D eigenvalue weighted by Gasteiger charge is 2.31. The number of nitrogens with zero attached hydrogens (tertiary/aromatic N) is 6. The number of nitrogen functional groups attached to an aromatic ring is 1. The lowest BCUT2D eigenvalue weighted by atomic mass is 9.90. The van der Waals surface area contributed by atoms with E-state index in [0.29, 0.717) is 59.7 Å². The molecule has 2 fully saturated rings. The highest BCUT2D eigenvalue weighted by molar-refractivity contribution is 6.01. The third-order valence-electron chi connectivity index (χ3n) is 9.98. The maximum Gasteiger partial charge on any atom is 0.328 e. The van der Waals surface area contributed by atoms with Gasteiger partial charge < -0.3 is 41.1 Å². The number of methoxy groups -OCH3 is 1. The molecule has 7 N–H and O–H groups in total. The van der Waals surface area contributed by atoms with Gasteiger partial charge in [0.15, 0.2) is 5.65 Å². The Morgan fingerprint density at radius 2 is 1.39 bits per heavy atom. The summed E-state index contributed by atoms with van der Waals surface area (Å²) >= 11 is 0. The fourth-order valence-corrected chi connectivity index (χ4v) is 6.86. The van der Waals surface area contributed by atoms with Gasteiger partial charge in [0, 0.05) is 68.6 Å². The number of benzene rings is 2. The average Bonchev–Trinajstić information content (AvgIpc) is 3.63. The number of anilines is 1. The van der Waals surface area contributed by atoms with Crippen LogP contribution in [0.3, 0.4) is 0 Å². The van der Waals surface area contributed by atoms with E-state index < -0.39 is 23.9 Å². The molecule has 3 heterocycles. The van der Waals surface area contributed by atoms with Crippen molar-refractivity contribution in [2.45, 2.75) is 50.6 Å². The van der Waals surface area contributed by atoms with Crippen LogP contribution in [0.1, 0.15) is 60.5 Å². The largest absolute Gasteiger partial charge is 0.496 e. The number of nitrogens with two attached hydrogens (primary N) is 1. The Kier molecular flexibility index (Phi) is 16.6. The van der Waals surface area contributed by atoms with E-state index >= 15 is 0 Å². The van der Waals surface area contributed by atoms with Gasteiger partial charge >= 0.3 is 23.9 Å². The Balaban J connectivity index is 0.000000406. The summed E-state index contributed by atoms with van der Waals surface area (Å²) in [7, 11) is 3.78. The number of rotatable bonds is 12. The van der Waals surface area contributed by atoms with E-state index in [2.05, 4.69) is 55.9 Å². The van der Waals surface area contributed by atoms with Gasteiger partial charge in [-0.2, -0.15) is 5.10 Å². The second kappa shape index (κ2) is 21.8. The molecule has 1 aliphatic heterocycles.